The molecule has 8 nitrogen and oxygen atoms in total. The first-order chi connectivity index (χ1) is 9.70. The molecule has 8 heteroatoms. The van der Waals surface area contributed by atoms with Crippen molar-refractivity contribution in [2.75, 3.05) is 18.0 Å². The Bertz CT molecular complexity index is 510. The van der Waals surface area contributed by atoms with E-state index in [1.165, 1.54) is 11.1 Å². The molecule has 0 radical (unpaired) electrons. The van der Waals surface area contributed by atoms with Gasteiger partial charge in [-0.25, -0.2) is 10.5 Å². The Morgan fingerprint density at radius 2 is 2.15 bits per heavy atom. The molecule has 110 valence electrons. The van der Waals surface area contributed by atoms with Crippen LogP contribution >= 0.6 is 0 Å². The van der Waals surface area contributed by atoms with Crippen LogP contribution in [0.1, 0.15) is 25.7 Å². The molecule has 0 unspecified atom stereocenters. The van der Waals surface area contributed by atoms with Crippen molar-refractivity contribution in [3.8, 4) is 0 Å². The van der Waals surface area contributed by atoms with Crippen LogP contribution < -0.4 is 21.9 Å². The fraction of sp³-hybridized carbons (Fsp3) is 0.583. The largest absolute Gasteiger partial charge is 0.370 e. The predicted octanol–water partition coefficient (Wildman–Crippen LogP) is -0.455. The lowest BCUT2D eigenvalue weighted by Crippen LogP contribution is -2.32. The highest BCUT2D eigenvalue weighted by Crippen LogP contribution is 2.16. The quantitative estimate of drug-likeness (QED) is 0.556. The number of nitrogens with two attached hydrogens (primary N) is 1. The highest BCUT2D eigenvalue weighted by atomic mass is 16.7. The molecule has 0 saturated carbocycles. The van der Waals surface area contributed by atoms with E-state index in [1.807, 2.05) is 0 Å². The average Bonchev–Trinajstić information content (AvgIpc) is 2.47. The molecule has 2 heterocycles. The summed E-state index contributed by atoms with van der Waals surface area (Å²) in [5, 5.41) is 4.09. The number of nitrogens with zero attached hydrogens (tertiary/aromatic N) is 3. The minimum absolute atomic E-state index is 0.0279. The lowest BCUT2D eigenvalue weighted by molar-refractivity contribution is -0.151. The van der Waals surface area contributed by atoms with Gasteiger partial charge < -0.3 is 9.74 Å². The van der Waals surface area contributed by atoms with Gasteiger partial charge in [0.05, 0.1) is 24.8 Å². The number of rotatable bonds is 5. The second-order valence-electron chi connectivity index (χ2n) is 4.66. The third kappa shape index (κ3) is 3.78. The first-order valence-electron chi connectivity index (χ1n) is 6.68. The van der Waals surface area contributed by atoms with Gasteiger partial charge in [-0.2, -0.15) is 5.10 Å². The van der Waals surface area contributed by atoms with Crippen molar-refractivity contribution in [1.82, 2.24) is 15.4 Å². The van der Waals surface area contributed by atoms with Crippen molar-refractivity contribution in [2.45, 2.75) is 32.2 Å². The molecule has 0 aromatic carbocycles. The van der Waals surface area contributed by atoms with E-state index in [4.69, 9.17) is 5.84 Å². The highest BCUT2D eigenvalue weighted by Gasteiger charge is 2.13. The van der Waals surface area contributed by atoms with E-state index in [2.05, 4.69) is 14.8 Å². The predicted molar refractivity (Wildman–Crippen MR) is 72.6 cm³/mol. The van der Waals surface area contributed by atoms with Gasteiger partial charge in [-0.3, -0.25) is 9.59 Å². The smallest absolute Gasteiger partial charge is 0.328 e. The summed E-state index contributed by atoms with van der Waals surface area (Å²) in [7, 11) is 0. The summed E-state index contributed by atoms with van der Waals surface area (Å²) in [5.74, 6) is 4.31. The van der Waals surface area contributed by atoms with Crippen LogP contribution in [-0.2, 0) is 16.2 Å². The fourth-order valence-corrected chi connectivity index (χ4v) is 2.23. The molecular weight excluding hydrogens is 262 g/mol. The van der Waals surface area contributed by atoms with Crippen LogP contribution in [-0.4, -0.2) is 28.8 Å². The minimum Gasteiger partial charge on any atom is -0.370 e. The van der Waals surface area contributed by atoms with Crippen LogP contribution in [0, 0.1) is 0 Å². The molecule has 3 N–H and O–H groups in total. The molecule has 2 rings (SSSR count). The third-order valence-electron chi connectivity index (χ3n) is 3.28. The lowest BCUT2D eigenvalue weighted by atomic mass is 10.1. The summed E-state index contributed by atoms with van der Waals surface area (Å²) in [6.07, 6.45) is 5.21. The second kappa shape index (κ2) is 7.01. The summed E-state index contributed by atoms with van der Waals surface area (Å²) < 4.78 is 1.24. The topological polar surface area (TPSA) is 102 Å². The molecule has 0 amide bonds. The van der Waals surface area contributed by atoms with E-state index < -0.39 is 5.97 Å². The maximum atomic E-state index is 11.9. The number of piperidine rings is 1. The van der Waals surface area contributed by atoms with Gasteiger partial charge in [0.15, 0.2) is 0 Å². The first kappa shape index (κ1) is 14.5. The van der Waals surface area contributed by atoms with Crippen LogP contribution in [0.5, 0.6) is 0 Å². The number of hydrogen-bond acceptors (Lipinski definition) is 7. The number of hydrazine groups is 1. The van der Waals surface area contributed by atoms with Gasteiger partial charge in [-0.1, -0.05) is 5.59 Å². The second-order valence-corrected chi connectivity index (χ2v) is 4.66. The monoisotopic (exact) mass is 281 g/mol. The molecule has 0 bridgehead atoms. The Morgan fingerprint density at radius 3 is 2.80 bits per heavy atom. The van der Waals surface area contributed by atoms with Crippen LogP contribution in [0.15, 0.2) is 17.1 Å². The Hall–Kier alpha value is -1.93. The zero-order valence-electron chi connectivity index (χ0n) is 11.2. The zero-order chi connectivity index (χ0) is 14.4. The number of aryl methyl sites for hydroxylation is 1. The van der Waals surface area contributed by atoms with Crippen molar-refractivity contribution >= 4 is 11.7 Å². The molecule has 0 aliphatic carbocycles. The molecule has 1 aliphatic rings. The Morgan fingerprint density at radius 1 is 1.40 bits per heavy atom. The summed E-state index contributed by atoms with van der Waals surface area (Å²) in [4.78, 5) is 29.6. The van der Waals surface area contributed by atoms with Crippen LogP contribution in [0.3, 0.4) is 0 Å². The molecule has 0 spiro atoms. The maximum Gasteiger partial charge on any atom is 0.328 e. The van der Waals surface area contributed by atoms with Crippen LogP contribution in [0.25, 0.3) is 0 Å². The van der Waals surface area contributed by atoms with Crippen LogP contribution in [0.2, 0.25) is 0 Å². The number of nitrogens with one attached hydrogen (secondary N) is 1. The SMILES string of the molecule is NNOC(=O)CCn1ncc(N2CCCCC2)cc1=O. The number of carbonyl (C=O) groups excluding carboxylic acids is 1. The normalized spacial score (nSPS) is 15.2. The maximum absolute atomic E-state index is 11.9. The van der Waals surface area contributed by atoms with E-state index >= 15 is 0 Å². The van der Waals surface area contributed by atoms with E-state index in [1.54, 1.807) is 17.9 Å². The van der Waals surface area contributed by atoms with Crippen molar-refractivity contribution in [1.29, 1.82) is 0 Å². The lowest BCUT2D eigenvalue weighted by Gasteiger charge is -2.28. The number of carbonyl (C=O) groups is 1. The van der Waals surface area contributed by atoms with Crippen molar-refractivity contribution in [3.05, 3.63) is 22.6 Å². The molecule has 1 saturated heterocycles. The van der Waals surface area contributed by atoms with Gasteiger partial charge in [-0.15, -0.1) is 0 Å². The van der Waals surface area contributed by atoms with E-state index in [9.17, 15) is 9.59 Å². The van der Waals surface area contributed by atoms with Gasteiger partial charge in [0.25, 0.3) is 5.56 Å². The van der Waals surface area contributed by atoms with Crippen molar-refractivity contribution in [3.63, 3.8) is 0 Å². The summed E-state index contributed by atoms with van der Waals surface area (Å²) in [6.45, 7) is 2.08. The Balaban J connectivity index is 1.98. The Kier molecular flexibility index (Phi) is 5.08. The molecule has 1 aliphatic heterocycles. The molecule has 1 aromatic rings. The number of aromatic nitrogens is 2. The van der Waals surface area contributed by atoms with Gasteiger partial charge in [0, 0.05) is 19.2 Å². The zero-order valence-corrected chi connectivity index (χ0v) is 11.2. The first-order valence-corrected chi connectivity index (χ1v) is 6.68. The highest BCUT2D eigenvalue weighted by molar-refractivity contribution is 5.68. The molecule has 1 aromatic heterocycles. The Labute approximate surface area is 116 Å². The van der Waals surface area contributed by atoms with Gasteiger partial charge in [0.1, 0.15) is 0 Å². The van der Waals surface area contributed by atoms with E-state index in [0.29, 0.717) is 0 Å². The standard InChI is InChI=1S/C12H19N5O3/c13-15-20-12(19)4-7-17-11(18)8-10(9-14-17)16-5-2-1-3-6-16/h8-9,15H,1-7,13H2. The number of hydrogen-bond donors (Lipinski definition) is 2. The summed E-state index contributed by atoms with van der Waals surface area (Å²) in [6, 6.07) is 1.56. The van der Waals surface area contributed by atoms with Gasteiger partial charge >= 0.3 is 5.97 Å². The minimum atomic E-state index is -0.540. The van der Waals surface area contributed by atoms with Gasteiger partial charge in [0.2, 0.25) is 0 Å². The summed E-state index contributed by atoms with van der Waals surface area (Å²) in [5.41, 5.74) is 2.43. The third-order valence-corrected chi connectivity index (χ3v) is 3.28. The molecule has 1 fully saturated rings. The van der Waals surface area contributed by atoms with E-state index in [0.717, 1.165) is 31.6 Å². The van der Waals surface area contributed by atoms with E-state index in [-0.39, 0.29) is 18.5 Å². The van der Waals surface area contributed by atoms with Crippen LogP contribution in [0.4, 0.5) is 5.69 Å². The average molecular weight is 281 g/mol. The van der Waals surface area contributed by atoms with Gasteiger partial charge in [-0.05, 0) is 19.3 Å². The van der Waals surface area contributed by atoms with Crippen molar-refractivity contribution < 1.29 is 9.63 Å². The molecular formula is C12H19N5O3. The molecule has 20 heavy (non-hydrogen) atoms. The number of anilines is 1. The van der Waals surface area contributed by atoms with Crippen molar-refractivity contribution in [2.24, 2.45) is 5.84 Å². The fourth-order valence-electron chi connectivity index (χ4n) is 2.23. The molecule has 0 atom stereocenters. The summed E-state index contributed by atoms with van der Waals surface area (Å²) >= 11 is 0.